The summed E-state index contributed by atoms with van der Waals surface area (Å²) in [7, 11) is 1.68. The van der Waals surface area contributed by atoms with E-state index in [1.807, 2.05) is 24.4 Å². The van der Waals surface area contributed by atoms with Gasteiger partial charge in [-0.25, -0.2) is 0 Å². The highest BCUT2D eigenvalue weighted by molar-refractivity contribution is 5.80. The fourth-order valence-corrected chi connectivity index (χ4v) is 1.94. The highest BCUT2D eigenvalue weighted by Crippen LogP contribution is 1.94. The van der Waals surface area contributed by atoms with Crippen LogP contribution in [0.1, 0.15) is 32.4 Å². The van der Waals surface area contributed by atoms with Gasteiger partial charge in [-0.15, -0.1) is 0 Å². The van der Waals surface area contributed by atoms with E-state index in [2.05, 4.69) is 34.5 Å². The van der Waals surface area contributed by atoms with Crippen LogP contribution in [0.5, 0.6) is 0 Å². The van der Waals surface area contributed by atoms with Crippen molar-refractivity contribution in [2.24, 2.45) is 4.99 Å². The summed E-state index contributed by atoms with van der Waals surface area (Å²) in [5, 5.41) is 6.80. The van der Waals surface area contributed by atoms with E-state index in [0.29, 0.717) is 25.9 Å². The zero-order valence-corrected chi connectivity index (χ0v) is 15.3. The summed E-state index contributed by atoms with van der Waals surface area (Å²) in [6.45, 7) is 7.85. The Balaban J connectivity index is 2.31. The molecule has 1 rings (SSSR count). The SMILES string of the molecule is CC[C@H](C)NC(=NCCCOCCOC)NCCc1ccccn1. The van der Waals surface area contributed by atoms with Crippen molar-refractivity contribution >= 4 is 5.96 Å². The molecule has 0 fully saturated rings. The van der Waals surface area contributed by atoms with E-state index in [9.17, 15) is 0 Å². The topological polar surface area (TPSA) is 67.8 Å². The lowest BCUT2D eigenvalue weighted by atomic mass is 10.2. The van der Waals surface area contributed by atoms with E-state index in [4.69, 9.17) is 9.47 Å². The van der Waals surface area contributed by atoms with Crippen LogP contribution in [0, 0.1) is 0 Å². The zero-order valence-electron chi connectivity index (χ0n) is 15.3. The van der Waals surface area contributed by atoms with Crippen molar-refractivity contribution < 1.29 is 9.47 Å². The van der Waals surface area contributed by atoms with Gasteiger partial charge in [0.05, 0.1) is 13.2 Å². The van der Waals surface area contributed by atoms with Crippen LogP contribution in [0.2, 0.25) is 0 Å². The number of nitrogens with one attached hydrogen (secondary N) is 2. The molecule has 0 unspecified atom stereocenters. The molecule has 6 nitrogen and oxygen atoms in total. The van der Waals surface area contributed by atoms with Crippen LogP contribution < -0.4 is 10.6 Å². The molecule has 136 valence electrons. The average Bonchev–Trinajstić information content (AvgIpc) is 2.61. The van der Waals surface area contributed by atoms with Gasteiger partial charge >= 0.3 is 0 Å². The summed E-state index contributed by atoms with van der Waals surface area (Å²) in [5.41, 5.74) is 1.08. The third-order valence-corrected chi connectivity index (χ3v) is 3.54. The van der Waals surface area contributed by atoms with Crippen molar-refractivity contribution in [1.29, 1.82) is 0 Å². The second-order valence-electron chi connectivity index (χ2n) is 5.64. The third kappa shape index (κ3) is 10.2. The molecule has 0 aliphatic carbocycles. The largest absolute Gasteiger partial charge is 0.382 e. The van der Waals surface area contributed by atoms with E-state index >= 15 is 0 Å². The molecule has 6 heteroatoms. The van der Waals surface area contributed by atoms with Crippen molar-refractivity contribution in [1.82, 2.24) is 15.6 Å². The number of hydrogen-bond donors (Lipinski definition) is 2. The second kappa shape index (κ2) is 13.7. The molecule has 1 heterocycles. The van der Waals surface area contributed by atoms with Crippen LogP contribution in [-0.4, -0.2) is 57.0 Å². The van der Waals surface area contributed by atoms with E-state index < -0.39 is 0 Å². The summed E-state index contributed by atoms with van der Waals surface area (Å²) in [6.07, 6.45) is 4.66. The first-order valence-electron chi connectivity index (χ1n) is 8.77. The van der Waals surface area contributed by atoms with Crippen LogP contribution in [0.25, 0.3) is 0 Å². The highest BCUT2D eigenvalue weighted by atomic mass is 16.5. The van der Waals surface area contributed by atoms with Crippen LogP contribution in [-0.2, 0) is 15.9 Å². The van der Waals surface area contributed by atoms with Gasteiger partial charge in [-0.2, -0.15) is 0 Å². The molecule has 0 aliphatic rings. The van der Waals surface area contributed by atoms with Crippen molar-refractivity contribution in [3.05, 3.63) is 30.1 Å². The first-order chi connectivity index (χ1) is 11.8. The lowest BCUT2D eigenvalue weighted by Gasteiger charge is -2.17. The molecule has 0 aromatic carbocycles. The maximum atomic E-state index is 5.45. The fourth-order valence-electron chi connectivity index (χ4n) is 1.94. The third-order valence-electron chi connectivity index (χ3n) is 3.54. The maximum Gasteiger partial charge on any atom is 0.191 e. The van der Waals surface area contributed by atoms with Gasteiger partial charge < -0.3 is 20.1 Å². The normalized spacial score (nSPS) is 12.9. The molecule has 0 saturated heterocycles. The summed E-state index contributed by atoms with van der Waals surface area (Å²) >= 11 is 0. The Morgan fingerprint density at radius 1 is 1.29 bits per heavy atom. The number of aromatic nitrogens is 1. The van der Waals surface area contributed by atoms with Crippen LogP contribution in [0.3, 0.4) is 0 Å². The van der Waals surface area contributed by atoms with E-state index in [0.717, 1.165) is 44.0 Å². The first-order valence-corrected chi connectivity index (χ1v) is 8.77. The Kier molecular flexibility index (Phi) is 11.7. The van der Waals surface area contributed by atoms with E-state index in [1.54, 1.807) is 7.11 Å². The molecule has 0 saturated carbocycles. The molecule has 0 spiro atoms. The number of guanidine groups is 1. The molecule has 24 heavy (non-hydrogen) atoms. The van der Waals surface area contributed by atoms with Gasteiger partial charge in [-0.1, -0.05) is 13.0 Å². The Labute approximate surface area is 146 Å². The number of rotatable bonds is 12. The number of ether oxygens (including phenoxy) is 2. The number of hydrogen-bond acceptors (Lipinski definition) is 4. The van der Waals surface area contributed by atoms with Crippen LogP contribution in [0.4, 0.5) is 0 Å². The number of nitrogens with zero attached hydrogens (tertiary/aromatic N) is 2. The Morgan fingerprint density at radius 2 is 2.17 bits per heavy atom. The van der Waals surface area contributed by atoms with Gasteiger partial charge in [0.15, 0.2) is 5.96 Å². The molecule has 0 radical (unpaired) electrons. The Morgan fingerprint density at radius 3 is 2.88 bits per heavy atom. The van der Waals surface area contributed by atoms with Crippen molar-refractivity contribution in [3.63, 3.8) is 0 Å². The monoisotopic (exact) mass is 336 g/mol. The molecule has 1 atom stereocenters. The minimum Gasteiger partial charge on any atom is -0.382 e. The van der Waals surface area contributed by atoms with Crippen LogP contribution >= 0.6 is 0 Å². The smallest absolute Gasteiger partial charge is 0.191 e. The Bertz CT molecular complexity index is 440. The van der Waals surface area contributed by atoms with Gasteiger partial charge in [-0.3, -0.25) is 9.98 Å². The number of pyridine rings is 1. The number of methoxy groups -OCH3 is 1. The number of aliphatic imine (C=N–C) groups is 1. The van der Waals surface area contributed by atoms with Gasteiger partial charge in [-0.05, 0) is 31.9 Å². The lowest BCUT2D eigenvalue weighted by molar-refractivity contribution is 0.0702. The predicted molar refractivity (Wildman–Crippen MR) is 98.4 cm³/mol. The molecule has 1 aromatic heterocycles. The standard InChI is InChI=1S/C18H32N4O2/c1-4-16(2)22-18(20-11-7-13-24-15-14-23-3)21-12-9-17-8-5-6-10-19-17/h5-6,8,10,16H,4,7,9,11-15H2,1-3H3,(H2,20,21,22)/t16-/m0/s1. The fraction of sp³-hybridized carbons (Fsp3) is 0.667. The second-order valence-corrected chi connectivity index (χ2v) is 5.64. The average molecular weight is 336 g/mol. The van der Waals surface area contributed by atoms with E-state index in [1.165, 1.54) is 0 Å². The molecule has 0 bridgehead atoms. The summed E-state index contributed by atoms with van der Waals surface area (Å²) < 4.78 is 10.4. The molecule has 2 N–H and O–H groups in total. The molecule has 1 aromatic rings. The summed E-state index contributed by atoms with van der Waals surface area (Å²) in [5.74, 6) is 0.858. The summed E-state index contributed by atoms with van der Waals surface area (Å²) in [4.78, 5) is 8.96. The van der Waals surface area contributed by atoms with Crippen molar-refractivity contribution in [3.8, 4) is 0 Å². The van der Waals surface area contributed by atoms with Crippen molar-refractivity contribution in [2.45, 2.75) is 39.2 Å². The molecule has 0 amide bonds. The highest BCUT2D eigenvalue weighted by Gasteiger charge is 2.03. The minimum atomic E-state index is 0.393. The minimum absolute atomic E-state index is 0.393. The zero-order chi connectivity index (χ0) is 17.5. The maximum absolute atomic E-state index is 5.45. The molecule has 0 aliphatic heterocycles. The van der Waals surface area contributed by atoms with Crippen molar-refractivity contribution in [2.75, 3.05) is 40.0 Å². The van der Waals surface area contributed by atoms with Gasteiger partial charge in [0, 0.05) is 51.2 Å². The van der Waals surface area contributed by atoms with Gasteiger partial charge in [0.1, 0.15) is 0 Å². The molecular formula is C18H32N4O2. The molecular weight excluding hydrogens is 304 g/mol. The summed E-state index contributed by atoms with van der Waals surface area (Å²) in [6, 6.07) is 6.38. The van der Waals surface area contributed by atoms with Gasteiger partial charge in [0.2, 0.25) is 0 Å². The van der Waals surface area contributed by atoms with E-state index in [-0.39, 0.29) is 0 Å². The predicted octanol–water partition coefficient (Wildman–Crippen LogP) is 2.01. The quantitative estimate of drug-likeness (QED) is 0.347. The first kappa shape index (κ1) is 20.4. The van der Waals surface area contributed by atoms with Crippen LogP contribution in [0.15, 0.2) is 29.4 Å². The van der Waals surface area contributed by atoms with Gasteiger partial charge in [0.25, 0.3) is 0 Å². The lowest BCUT2D eigenvalue weighted by Crippen LogP contribution is -2.43. The Hall–Kier alpha value is -1.66.